The SMILES string of the molecule is O=C(Nc1cc(F)c(F)cc1C(=O)O)c1cncnc1. The third-order valence-corrected chi connectivity index (χ3v) is 2.36. The van der Waals surface area contributed by atoms with Crippen molar-refractivity contribution >= 4 is 17.6 Å². The number of carboxylic acids is 1. The number of nitrogens with zero attached hydrogens (tertiary/aromatic N) is 2. The number of hydrogen-bond donors (Lipinski definition) is 2. The van der Waals surface area contributed by atoms with Crippen LogP contribution in [0, 0.1) is 11.6 Å². The Morgan fingerprint density at radius 3 is 2.30 bits per heavy atom. The normalized spacial score (nSPS) is 10.1. The number of halogens is 2. The van der Waals surface area contributed by atoms with Crippen molar-refractivity contribution in [1.29, 1.82) is 0 Å². The summed E-state index contributed by atoms with van der Waals surface area (Å²) in [7, 11) is 0. The quantitative estimate of drug-likeness (QED) is 0.892. The van der Waals surface area contributed by atoms with Gasteiger partial charge < -0.3 is 10.4 Å². The van der Waals surface area contributed by atoms with E-state index in [0.717, 1.165) is 0 Å². The number of carbonyl (C=O) groups excluding carboxylic acids is 1. The van der Waals surface area contributed by atoms with Gasteiger partial charge in [-0.15, -0.1) is 0 Å². The van der Waals surface area contributed by atoms with Crippen LogP contribution in [0.1, 0.15) is 20.7 Å². The van der Waals surface area contributed by atoms with Crippen LogP contribution in [0.5, 0.6) is 0 Å². The Morgan fingerprint density at radius 2 is 1.70 bits per heavy atom. The Labute approximate surface area is 111 Å². The average molecular weight is 279 g/mol. The summed E-state index contributed by atoms with van der Waals surface area (Å²) in [6.45, 7) is 0. The van der Waals surface area contributed by atoms with Gasteiger partial charge in [0.15, 0.2) is 11.6 Å². The Kier molecular flexibility index (Phi) is 3.65. The van der Waals surface area contributed by atoms with Gasteiger partial charge in [-0.3, -0.25) is 4.79 Å². The van der Waals surface area contributed by atoms with Crippen molar-refractivity contribution in [1.82, 2.24) is 9.97 Å². The summed E-state index contributed by atoms with van der Waals surface area (Å²) in [6.07, 6.45) is 3.60. The van der Waals surface area contributed by atoms with E-state index in [2.05, 4.69) is 15.3 Å². The number of rotatable bonds is 3. The highest BCUT2D eigenvalue weighted by Crippen LogP contribution is 2.20. The monoisotopic (exact) mass is 279 g/mol. The number of nitrogens with one attached hydrogen (secondary N) is 1. The molecule has 1 heterocycles. The number of aromatic nitrogens is 2. The first-order chi connectivity index (χ1) is 9.49. The summed E-state index contributed by atoms with van der Waals surface area (Å²) in [5.74, 6) is -4.82. The molecule has 0 aliphatic carbocycles. The first kappa shape index (κ1) is 13.5. The maximum absolute atomic E-state index is 13.1. The van der Waals surface area contributed by atoms with E-state index in [-0.39, 0.29) is 11.3 Å². The molecule has 102 valence electrons. The standard InChI is InChI=1S/C12H7F2N3O3/c13-8-1-7(12(19)20)10(2-9(8)14)17-11(18)6-3-15-5-16-4-6/h1-5H,(H,17,18)(H,19,20). The molecule has 0 fully saturated rings. The second-order valence-corrected chi connectivity index (χ2v) is 3.70. The van der Waals surface area contributed by atoms with Gasteiger partial charge in [-0.2, -0.15) is 0 Å². The van der Waals surface area contributed by atoms with E-state index >= 15 is 0 Å². The van der Waals surface area contributed by atoms with Crippen LogP contribution >= 0.6 is 0 Å². The van der Waals surface area contributed by atoms with E-state index in [9.17, 15) is 18.4 Å². The van der Waals surface area contributed by atoms with Gasteiger partial charge >= 0.3 is 5.97 Å². The number of carboxylic acid groups (broad SMARTS) is 1. The predicted octanol–water partition coefficient (Wildman–Crippen LogP) is 1.71. The topological polar surface area (TPSA) is 92.2 Å². The molecule has 8 heteroatoms. The summed E-state index contributed by atoms with van der Waals surface area (Å²) in [4.78, 5) is 30.0. The van der Waals surface area contributed by atoms with Gasteiger partial charge in [0.25, 0.3) is 5.91 Å². The molecule has 0 atom stereocenters. The van der Waals surface area contributed by atoms with Crippen molar-refractivity contribution in [2.45, 2.75) is 0 Å². The minimum absolute atomic E-state index is 0.0496. The highest BCUT2D eigenvalue weighted by molar-refractivity contribution is 6.07. The molecule has 0 saturated carbocycles. The van der Waals surface area contributed by atoms with Crippen LogP contribution in [0.2, 0.25) is 0 Å². The fourth-order valence-electron chi connectivity index (χ4n) is 1.44. The van der Waals surface area contributed by atoms with Crippen molar-refractivity contribution in [3.8, 4) is 0 Å². The smallest absolute Gasteiger partial charge is 0.337 e. The number of anilines is 1. The van der Waals surface area contributed by atoms with E-state index in [0.29, 0.717) is 12.1 Å². The zero-order chi connectivity index (χ0) is 14.7. The summed E-state index contributed by atoms with van der Waals surface area (Å²) >= 11 is 0. The average Bonchev–Trinajstić information content (AvgIpc) is 2.43. The molecule has 0 bridgehead atoms. The van der Waals surface area contributed by atoms with E-state index in [4.69, 9.17) is 5.11 Å². The lowest BCUT2D eigenvalue weighted by molar-refractivity contribution is 0.0697. The molecule has 2 N–H and O–H groups in total. The van der Waals surface area contributed by atoms with Crippen molar-refractivity contribution in [3.05, 3.63) is 53.6 Å². The van der Waals surface area contributed by atoms with Gasteiger partial charge in [0.05, 0.1) is 16.8 Å². The van der Waals surface area contributed by atoms with Crippen molar-refractivity contribution in [3.63, 3.8) is 0 Å². The Morgan fingerprint density at radius 1 is 1.10 bits per heavy atom. The van der Waals surface area contributed by atoms with Crippen molar-refractivity contribution in [2.75, 3.05) is 5.32 Å². The maximum Gasteiger partial charge on any atom is 0.337 e. The highest BCUT2D eigenvalue weighted by Gasteiger charge is 2.17. The van der Waals surface area contributed by atoms with Crippen LogP contribution in [-0.4, -0.2) is 27.0 Å². The van der Waals surface area contributed by atoms with E-state index in [1.54, 1.807) is 0 Å². The second kappa shape index (κ2) is 5.39. The Bertz CT molecular complexity index is 677. The third kappa shape index (κ3) is 2.74. The minimum atomic E-state index is -1.50. The fraction of sp³-hybridized carbons (Fsp3) is 0. The lowest BCUT2D eigenvalue weighted by Crippen LogP contribution is -2.16. The predicted molar refractivity (Wildman–Crippen MR) is 63.3 cm³/mol. The molecule has 2 aromatic rings. The minimum Gasteiger partial charge on any atom is -0.478 e. The molecule has 0 radical (unpaired) electrons. The van der Waals surface area contributed by atoms with Crippen LogP contribution in [0.15, 0.2) is 30.9 Å². The summed E-state index contributed by atoms with van der Waals surface area (Å²) in [5, 5.41) is 11.1. The first-order valence-electron chi connectivity index (χ1n) is 5.27. The number of benzene rings is 1. The summed E-state index contributed by atoms with van der Waals surface area (Å²) in [5.41, 5.74) is -0.868. The Hall–Kier alpha value is -2.90. The Balaban J connectivity index is 2.36. The molecule has 1 aromatic carbocycles. The molecule has 0 aliphatic rings. The lowest BCUT2D eigenvalue weighted by atomic mass is 10.1. The maximum atomic E-state index is 13.1. The van der Waals surface area contributed by atoms with Gasteiger partial charge in [-0.25, -0.2) is 23.5 Å². The molecule has 0 spiro atoms. The molecule has 2 rings (SSSR count). The van der Waals surface area contributed by atoms with Crippen LogP contribution in [-0.2, 0) is 0 Å². The zero-order valence-corrected chi connectivity index (χ0v) is 9.80. The molecular formula is C12H7F2N3O3. The lowest BCUT2D eigenvalue weighted by Gasteiger charge is -2.08. The second-order valence-electron chi connectivity index (χ2n) is 3.70. The summed E-state index contributed by atoms with van der Waals surface area (Å²) < 4.78 is 26.1. The van der Waals surface area contributed by atoms with E-state index < -0.39 is 29.1 Å². The molecule has 0 unspecified atom stereocenters. The molecule has 20 heavy (non-hydrogen) atoms. The largest absolute Gasteiger partial charge is 0.478 e. The van der Waals surface area contributed by atoms with Gasteiger partial charge in [0, 0.05) is 18.5 Å². The van der Waals surface area contributed by atoms with Gasteiger partial charge in [-0.05, 0) is 6.07 Å². The van der Waals surface area contributed by atoms with E-state index in [1.165, 1.54) is 18.7 Å². The van der Waals surface area contributed by atoms with E-state index in [1.807, 2.05) is 0 Å². The van der Waals surface area contributed by atoms with Crippen LogP contribution in [0.3, 0.4) is 0 Å². The van der Waals surface area contributed by atoms with Crippen LogP contribution in [0.25, 0.3) is 0 Å². The van der Waals surface area contributed by atoms with Crippen LogP contribution in [0.4, 0.5) is 14.5 Å². The molecule has 1 amide bonds. The van der Waals surface area contributed by atoms with Crippen molar-refractivity contribution < 1.29 is 23.5 Å². The molecule has 1 aromatic heterocycles. The van der Waals surface area contributed by atoms with Gasteiger partial charge in [0.2, 0.25) is 0 Å². The molecule has 6 nitrogen and oxygen atoms in total. The zero-order valence-electron chi connectivity index (χ0n) is 9.80. The molecule has 0 aliphatic heterocycles. The van der Waals surface area contributed by atoms with Crippen LogP contribution < -0.4 is 5.32 Å². The summed E-state index contributed by atoms with van der Waals surface area (Å²) in [6, 6.07) is 1.09. The molecular weight excluding hydrogens is 272 g/mol. The number of aromatic carboxylic acids is 1. The number of amides is 1. The van der Waals surface area contributed by atoms with Gasteiger partial charge in [0.1, 0.15) is 6.33 Å². The fourth-order valence-corrected chi connectivity index (χ4v) is 1.44. The molecule has 0 saturated heterocycles. The highest BCUT2D eigenvalue weighted by atomic mass is 19.2. The number of carbonyl (C=O) groups is 2. The third-order valence-electron chi connectivity index (χ3n) is 2.36. The number of hydrogen-bond acceptors (Lipinski definition) is 4. The van der Waals surface area contributed by atoms with Crippen molar-refractivity contribution in [2.24, 2.45) is 0 Å². The first-order valence-corrected chi connectivity index (χ1v) is 5.27. The van der Waals surface area contributed by atoms with Gasteiger partial charge in [-0.1, -0.05) is 0 Å².